The molecule has 2 N–H and O–H groups in total. The first-order valence-corrected chi connectivity index (χ1v) is 8.11. The summed E-state index contributed by atoms with van der Waals surface area (Å²) in [5.74, 6) is 0.994. The fourth-order valence-corrected chi connectivity index (χ4v) is 2.02. The predicted molar refractivity (Wildman–Crippen MR) is 103 cm³/mol. The summed E-state index contributed by atoms with van der Waals surface area (Å²) >= 11 is 11.4. The van der Waals surface area contributed by atoms with Gasteiger partial charge in [0.2, 0.25) is 0 Å². The van der Waals surface area contributed by atoms with E-state index < -0.39 is 0 Å². The van der Waals surface area contributed by atoms with Crippen LogP contribution < -0.4 is 10.9 Å². The number of hydrazone groups is 2. The summed E-state index contributed by atoms with van der Waals surface area (Å²) in [6.07, 6.45) is 3.32. The van der Waals surface area contributed by atoms with Crippen LogP contribution in [0.4, 0.5) is 11.6 Å². The minimum absolute atomic E-state index is 0.324. The Morgan fingerprint density at radius 2 is 1.19 bits per heavy atom. The number of nitrogens with one attached hydrogen (secondary N) is 2. The first-order valence-electron chi connectivity index (χ1n) is 7.36. The van der Waals surface area contributed by atoms with E-state index in [2.05, 4.69) is 41.4 Å². The van der Waals surface area contributed by atoms with E-state index in [1.807, 2.05) is 24.3 Å². The highest BCUT2D eigenvalue weighted by Crippen LogP contribution is 2.07. The van der Waals surface area contributed by atoms with Crippen molar-refractivity contribution < 1.29 is 0 Å². The standard InChI is InChI=1S/C16H12Cl2N8/c17-13-4-6-15(25-21-13)23-19-9-11-2-1-3-12(8-11)10-20-24-16-7-5-14(18)22-26-16/h1-10H,(H,23,25)(H,24,26)/b19-9+,20-10+. The van der Waals surface area contributed by atoms with Crippen LogP contribution in [0.1, 0.15) is 11.1 Å². The van der Waals surface area contributed by atoms with E-state index in [1.165, 1.54) is 0 Å². The quantitative estimate of drug-likeness (QED) is 0.496. The van der Waals surface area contributed by atoms with Gasteiger partial charge in [-0.3, -0.25) is 10.9 Å². The van der Waals surface area contributed by atoms with Gasteiger partial charge in [-0.2, -0.15) is 10.2 Å². The molecule has 0 fully saturated rings. The average molecular weight is 387 g/mol. The molecule has 0 spiro atoms. The average Bonchev–Trinajstić information content (AvgIpc) is 2.65. The number of anilines is 2. The summed E-state index contributed by atoms with van der Waals surface area (Å²) in [7, 11) is 0. The summed E-state index contributed by atoms with van der Waals surface area (Å²) in [6, 6.07) is 14.2. The van der Waals surface area contributed by atoms with Crippen molar-refractivity contribution in [1.82, 2.24) is 20.4 Å². The normalized spacial score (nSPS) is 11.2. The molecule has 0 amide bonds. The van der Waals surface area contributed by atoms with Crippen LogP contribution in [-0.4, -0.2) is 32.8 Å². The van der Waals surface area contributed by atoms with Crippen LogP contribution in [0.3, 0.4) is 0 Å². The zero-order chi connectivity index (χ0) is 18.2. The fraction of sp³-hybridized carbons (Fsp3) is 0. The van der Waals surface area contributed by atoms with E-state index in [0.717, 1.165) is 11.1 Å². The zero-order valence-corrected chi connectivity index (χ0v) is 14.7. The number of benzene rings is 1. The summed E-state index contributed by atoms with van der Waals surface area (Å²) < 4.78 is 0. The Morgan fingerprint density at radius 3 is 1.62 bits per heavy atom. The lowest BCUT2D eigenvalue weighted by atomic mass is 10.1. The molecule has 0 saturated carbocycles. The van der Waals surface area contributed by atoms with Crippen molar-refractivity contribution in [3.63, 3.8) is 0 Å². The van der Waals surface area contributed by atoms with Crippen LogP contribution in [0.2, 0.25) is 10.3 Å². The summed E-state index contributed by atoms with van der Waals surface area (Å²) in [6.45, 7) is 0. The van der Waals surface area contributed by atoms with Crippen LogP contribution in [0.15, 0.2) is 58.7 Å². The Kier molecular flexibility index (Phi) is 6.02. The van der Waals surface area contributed by atoms with Gasteiger partial charge >= 0.3 is 0 Å². The van der Waals surface area contributed by atoms with Crippen LogP contribution in [0.5, 0.6) is 0 Å². The molecule has 2 aromatic heterocycles. The molecule has 130 valence electrons. The maximum Gasteiger partial charge on any atom is 0.168 e. The molecule has 0 atom stereocenters. The van der Waals surface area contributed by atoms with Crippen molar-refractivity contribution >= 4 is 47.3 Å². The predicted octanol–water partition coefficient (Wildman–Crippen LogP) is 3.47. The third-order valence-electron chi connectivity index (χ3n) is 2.96. The Bertz CT molecular complexity index is 838. The highest BCUT2D eigenvalue weighted by Gasteiger charge is 1.95. The van der Waals surface area contributed by atoms with Gasteiger partial charge in [0.05, 0.1) is 12.4 Å². The van der Waals surface area contributed by atoms with Gasteiger partial charge in [0, 0.05) is 0 Å². The lowest BCUT2D eigenvalue weighted by molar-refractivity contribution is 1.02. The molecule has 2 heterocycles. The van der Waals surface area contributed by atoms with E-state index >= 15 is 0 Å². The van der Waals surface area contributed by atoms with Crippen LogP contribution in [-0.2, 0) is 0 Å². The number of hydrogen-bond acceptors (Lipinski definition) is 8. The fourth-order valence-electron chi connectivity index (χ4n) is 1.82. The largest absolute Gasteiger partial charge is 0.260 e. The highest BCUT2D eigenvalue weighted by atomic mass is 35.5. The van der Waals surface area contributed by atoms with Crippen molar-refractivity contribution in [2.24, 2.45) is 10.2 Å². The molecular weight excluding hydrogens is 375 g/mol. The second kappa shape index (κ2) is 8.84. The Morgan fingerprint density at radius 1 is 0.692 bits per heavy atom. The number of nitrogens with zero attached hydrogens (tertiary/aromatic N) is 6. The zero-order valence-electron chi connectivity index (χ0n) is 13.2. The topological polar surface area (TPSA) is 100 Å². The van der Waals surface area contributed by atoms with Gasteiger partial charge in [-0.1, -0.05) is 41.4 Å². The Hall–Kier alpha value is -3.10. The number of rotatable bonds is 6. The van der Waals surface area contributed by atoms with Crippen molar-refractivity contribution in [2.75, 3.05) is 10.9 Å². The summed E-state index contributed by atoms with van der Waals surface area (Å²) in [5, 5.41) is 24.0. The van der Waals surface area contributed by atoms with Gasteiger partial charge in [0.1, 0.15) is 0 Å². The lowest BCUT2D eigenvalue weighted by Gasteiger charge is -1.99. The van der Waals surface area contributed by atoms with Crippen molar-refractivity contribution in [2.45, 2.75) is 0 Å². The molecule has 26 heavy (non-hydrogen) atoms. The van der Waals surface area contributed by atoms with Crippen LogP contribution >= 0.6 is 23.2 Å². The maximum absolute atomic E-state index is 5.68. The minimum Gasteiger partial charge on any atom is -0.260 e. The van der Waals surface area contributed by atoms with Gasteiger partial charge in [-0.25, -0.2) is 0 Å². The number of halogens is 2. The van der Waals surface area contributed by atoms with Crippen LogP contribution in [0, 0.1) is 0 Å². The summed E-state index contributed by atoms with van der Waals surface area (Å²) in [4.78, 5) is 0. The van der Waals surface area contributed by atoms with E-state index in [4.69, 9.17) is 23.2 Å². The highest BCUT2D eigenvalue weighted by molar-refractivity contribution is 6.29. The van der Waals surface area contributed by atoms with Crippen molar-refractivity contribution in [3.8, 4) is 0 Å². The monoisotopic (exact) mass is 386 g/mol. The van der Waals surface area contributed by atoms with Crippen molar-refractivity contribution in [3.05, 3.63) is 70.0 Å². The van der Waals surface area contributed by atoms with E-state index in [1.54, 1.807) is 36.7 Å². The molecule has 0 aliphatic carbocycles. The maximum atomic E-state index is 5.68. The Labute approximate surface area is 159 Å². The number of aromatic nitrogens is 4. The van der Waals surface area contributed by atoms with Gasteiger partial charge in [-0.05, 0) is 41.5 Å². The second-order valence-corrected chi connectivity index (χ2v) is 5.67. The van der Waals surface area contributed by atoms with Gasteiger partial charge < -0.3 is 0 Å². The smallest absolute Gasteiger partial charge is 0.168 e. The minimum atomic E-state index is 0.324. The molecule has 0 aliphatic rings. The molecule has 8 nitrogen and oxygen atoms in total. The van der Waals surface area contributed by atoms with E-state index in [9.17, 15) is 0 Å². The molecule has 1 aromatic carbocycles. The van der Waals surface area contributed by atoms with Gasteiger partial charge in [0.15, 0.2) is 21.9 Å². The molecule has 0 saturated heterocycles. The third-order valence-corrected chi connectivity index (χ3v) is 3.36. The molecule has 10 heteroatoms. The molecule has 0 radical (unpaired) electrons. The first-order chi connectivity index (χ1) is 12.7. The second-order valence-electron chi connectivity index (χ2n) is 4.89. The number of hydrogen-bond donors (Lipinski definition) is 2. The molecule has 0 aliphatic heterocycles. The van der Waals surface area contributed by atoms with E-state index in [-0.39, 0.29) is 0 Å². The van der Waals surface area contributed by atoms with Gasteiger partial charge in [-0.15, -0.1) is 20.4 Å². The molecule has 0 bridgehead atoms. The van der Waals surface area contributed by atoms with E-state index in [0.29, 0.717) is 21.9 Å². The Balaban J connectivity index is 1.58. The molecular formula is C16H12Cl2N8. The van der Waals surface area contributed by atoms with Crippen molar-refractivity contribution in [1.29, 1.82) is 0 Å². The molecule has 3 aromatic rings. The summed E-state index contributed by atoms with van der Waals surface area (Å²) in [5.41, 5.74) is 7.32. The third kappa shape index (κ3) is 5.47. The first kappa shape index (κ1) is 17.7. The lowest BCUT2D eigenvalue weighted by Crippen LogP contribution is -1.96. The van der Waals surface area contributed by atoms with Gasteiger partial charge in [0.25, 0.3) is 0 Å². The molecule has 0 unspecified atom stereocenters. The SMILES string of the molecule is Clc1ccc(N/N=C/c2cccc(/C=N/Nc3ccc(Cl)nn3)c2)nn1. The van der Waals surface area contributed by atoms with Crippen LogP contribution in [0.25, 0.3) is 0 Å². The molecule has 3 rings (SSSR count).